The summed E-state index contributed by atoms with van der Waals surface area (Å²) in [6.45, 7) is 5.13. The Hall–Kier alpha value is -3.72. The molecule has 2 heterocycles. The van der Waals surface area contributed by atoms with Gasteiger partial charge in [-0.15, -0.1) is 11.3 Å². The van der Waals surface area contributed by atoms with Crippen molar-refractivity contribution in [2.75, 3.05) is 4.90 Å². The van der Waals surface area contributed by atoms with Gasteiger partial charge in [-0.05, 0) is 49.2 Å². The molecular formula is C23H21N3O5S. The Morgan fingerprint density at radius 3 is 2.69 bits per heavy atom. The molecule has 0 unspecified atom stereocenters. The van der Waals surface area contributed by atoms with Crippen LogP contribution in [0.1, 0.15) is 23.7 Å². The number of ether oxygens (including phenoxy) is 1. The van der Waals surface area contributed by atoms with Crippen LogP contribution in [-0.2, 0) is 27.5 Å². The van der Waals surface area contributed by atoms with E-state index in [1.54, 1.807) is 29.6 Å². The number of hydrogen-bond acceptors (Lipinski definition) is 7. The van der Waals surface area contributed by atoms with Gasteiger partial charge in [0, 0.05) is 12.3 Å². The zero-order valence-corrected chi connectivity index (χ0v) is 18.6. The molecule has 0 atom stereocenters. The largest absolute Gasteiger partial charge is 0.458 e. The van der Waals surface area contributed by atoms with E-state index in [0.29, 0.717) is 21.9 Å². The molecule has 0 aliphatic heterocycles. The lowest BCUT2D eigenvalue weighted by atomic mass is 10.1. The van der Waals surface area contributed by atoms with Crippen molar-refractivity contribution in [2.24, 2.45) is 0 Å². The second kappa shape index (κ2) is 8.80. The van der Waals surface area contributed by atoms with Gasteiger partial charge in [0.2, 0.25) is 5.91 Å². The molecule has 164 valence electrons. The van der Waals surface area contributed by atoms with Gasteiger partial charge in [-0.1, -0.05) is 18.2 Å². The smallest absolute Gasteiger partial charge is 0.420 e. The van der Waals surface area contributed by atoms with E-state index < -0.39 is 11.7 Å². The number of rotatable bonds is 6. The monoisotopic (exact) mass is 451 g/mol. The normalized spacial score (nSPS) is 11.0. The summed E-state index contributed by atoms with van der Waals surface area (Å²) in [5.74, 6) is -1.38. The fourth-order valence-electron chi connectivity index (χ4n) is 3.25. The number of benzene rings is 2. The number of para-hydroxylation sites is 2. The highest BCUT2D eigenvalue weighted by Gasteiger charge is 2.19. The molecule has 0 spiro atoms. The van der Waals surface area contributed by atoms with Gasteiger partial charge in [0.05, 0.1) is 16.9 Å². The van der Waals surface area contributed by atoms with E-state index in [1.165, 1.54) is 27.7 Å². The first-order valence-corrected chi connectivity index (χ1v) is 10.8. The van der Waals surface area contributed by atoms with Crippen molar-refractivity contribution in [3.8, 4) is 0 Å². The van der Waals surface area contributed by atoms with Crippen molar-refractivity contribution in [2.45, 2.75) is 33.9 Å². The summed E-state index contributed by atoms with van der Waals surface area (Å²) < 4.78 is 11.6. The molecule has 0 saturated carbocycles. The first kappa shape index (κ1) is 21.5. The number of esters is 1. The number of amides is 1. The van der Waals surface area contributed by atoms with Crippen molar-refractivity contribution < 1.29 is 18.7 Å². The van der Waals surface area contributed by atoms with Crippen LogP contribution in [0, 0.1) is 13.8 Å². The van der Waals surface area contributed by atoms with E-state index in [9.17, 15) is 14.4 Å². The summed E-state index contributed by atoms with van der Waals surface area (Å²) in [7, 11) is 0. The van der Waals surface area contributed by atoms with Crippen molar-refractivity contribution in [3.05, 3.63) is 75.2 Å². The quantitative estimate of drug-likeness (QED) is 0.410. The molecule has 32 heavy (non-hydrogen) atoms. The van der Waals surface area contributed by atoms with Crippen molar-refractivity contribution in [1.82, 2.24) is 9.55 Å². The summed E-state index contributed by atoms with van der Waals surface area (Å²) in [6, 6.07) is 12.6. The number of thiazole rings is 1. The summed E-state index contributed by atoms with van der Waals surface area (Å²) in [5, 5.41) is 2.22. The molecule has 0 aliphatic carbocycles. The minimum atomic E-state index is -0.621. The average molecular weight is 452 g/mol. The van der Waals surface area contributed by atoms with E-state index in [4.69, 9.17) is 9.15 Å². The van der Waals surface area contributed by atoms with Crippen molar-refractivity contribution in [3.63, 3.8) is 0 Å². The summed E-state index contributed by atoms with van der Waals surface area (Å²) >= 11 is 1.28. The molecule has 4 aromatic rings. The van der Waals surface area contributed by atoms with Crippen LogP contribution in [0.4, 0.5) is 10.8 Å². The third-order valence-corrected chi connectivity index (χ3v) is 5.91. The fourth-order valence-corrected chi connectivity index (χ4v) is 4.12. The van der Waals surface area contributed by atoms with Gasteiger partial charge in [0.15, 0.2) is 10.7 Å². The van der Waals surface area contributed by atoms with Crippen molar-refractivity contribution in [1.29, 1.82) is 0 Å². The minimum Gasteiger partial charge on any atom is -0.458 e. The molecule has 4 rings (SSSR count). The SMILES string of the molecule is CC(=O)N(c1ccc(C)c(C)c1)c1nc(COC(=O)Cn2c(=O)oc3ccccc32)cs1. The highest BCUT2D eigenvalue weighted by molar-refractivity contribution is 7.14. The molecule has 0 saturated heterocycles. The maximum absolute atomic E-state index is 12.3. The number of aryl methyl sites for hydroxylation is 2. The third kappa shape index (κ3) is 4.33. The molecule has 8 nitrogen and oxygen atoms in total. The highest BCUT2D eigenvalue weighted by Crippen LogP contribution is 2.30. The lowest BCUT2D eigenvalue weighted by Crippen LogP contribution is -2.23. The molecule has 2 aromatic heterocycles. The number of carbonyl (C=O) groups is 2. The van der Waals surface area contributed by atoms with E-state index in [2.05, 4.69) is 4.98 Å². The second-order valence-corrected chi connectivity index (χ2v) is 8.16. The molecule has 0 N–H and O–H groups in total. The molecule has 0 fully saturated rings. The van der Waals surface area contributed by atoms with Crippen molar-refractivity contribution >= 4 is 45.1 Å². The van der Waals surface area contributed by atoms with Gasteiger partial charge in [0.25, 0.3) is 0 Å². The molecule has 9 heteroatoms. The Morgan fingerprint density at radius 1 is 1.16 bits per heavy atom. The molecule has 0 bridgehead atoms. The first-order chi connectivity index (χ1) is 15.3. The Morgan fingerprint density at radius 2 is 1.94 bits per heavy atom. The Bertz CT molecular complexity index is 1370. The van der Waals surface area contributed by atoms with E-state index in [1.807, 2.05) is 32.0 Å². The Balaban J connectivity index is 1.46. The number of aromatic nitrogens is 2. The number of oxazole rings is 1. The number of nitrogens with zero attached hydrogens (tertiary/aromatic N) is 3. The minimum absolute atomic E-state index is 0.0709. The number of fused-ring (bicyclic) bond motifs is 1. The van der Waals surface area contributed by atoms with Crippen LogP contribution in [0.5, 0.6) is 0 Å². The lowest BCUT2D eigenvalue weighted by Gasteiger charge is -2.19. The average Bonchev–Trinajstić information content (AvgIpc) is 3.33. The highest BCUT2D eigenvalue weighted by atomic mass is 32.1. The summed E-state index contributed by atoms with van der Waals surface area (Å²) in [5.41, 5.74) is 4.37. The fraction of sp³-hybridized carbons (Fsp3) is 0.217. The molecule has 0 radical (unpaired) electrons. The van der Waals surface area contributed by atoms with E-state index in [-0.39, 0.29) is 19.1 Å². The van der Waals surface area contributed by atoms with Gasteiger partial charge in [-0.2, -0.15) is 0 Å². The Kier molecular flexibility index (Phi) is 5.91. The standard InChI is InChI=1S/C23H21N3O5S/c1-14-8-9-18(10-15(14)2)26(16(3)27)22-24-17(13-32-22)12-30-21(28)11-25-19-6-4-5-7-20(19)31-23(25)29/h4-10,13H,11-12H2,1-3H3. The summed E-state index contributed by atoms with van der Waals surface area (Å²) in [6.07, 6.45) is 0. The third-order valence-electron chi connectivity index (χ3n) is 5.04. The predicted molar refractivity (Wildman–Crippen MR) is 121 cm³/mol. The van der Waals surface area contributed by atoms with Crippen LogP contribution >= 0.6 is 11.3 Å². The zero-order valence-electron chi connectivity index (χ0n) is 17.8. The molecule has 0 aliphatic rings. The number of anilines is 2. The zero-order chi connectivity index (χ0) is 22.8. The second-order valence-electron chi connectivity index (χ2n) is 7.33. The maximum Gasteiger partial charge on any atom is 0.420 e. The van der Waals surface area contributed by atoms with Gasteiger partial charge in [-0.25, -0.2) is 9.78 Å². The van der Waals surface area contributed by atoms with Crippen LogP contribution in [-0.4, -0.2) is 21.4 Å². The molecular weight excluding hydrogens is 430 g/mol. The lowest BCUT2D eigenvalue weighted by molar-refractivity contribution is -0.145. The maximum atomic E-state index is 12.3. The van der Waals surface area contributed by atoms with Gasteiger partial charge < -0.3 is 9.15 Å². The topological polar surface area (TPSA) is 94.6 Å². The first-order valence-electron chi connectivity index (χ1n) is 9.90. The van der Waals surface area contributed by atoms with Crippen LogP contribution in [0.15, 0.2) is 57.1 Å². The molecule has 1 amide bonds. The van der Waals surface area contributed by atoms with E-state index >= 15 is 0 Å². The van der Waals surface area contributed by atoms with Gasteiger partial charge >= 0.3 is 11.7 Å². The van der Waals surface area contributed by atoms with Crippen LogP contribution in [0.2, 0.25) is 0 Å². The predicted octanol–water partition coefficient (Wildman–Crippen LogP) is 4.10. The number of carbonyl (C=O) groups excluding carboxylic acids is 2. The van der Waals surface area contributed by atoms with Gasteiger partial charge in [0.1, 0.15) is 13.2 Å². The summed E-state index contributed by atoms with van der Waals surface area (Å²) in [4.78, 5) is 42.6. The Labute approximate surface area is 187 Å². The molecule has 2 aromatic carbocycles. The van der Waals surface area contributed by atoms with Crippen LogP contribution < -0.4 is 10.7 Å². The van der Waals surface area contributed by atoms with E-state index in [0.717, 1.165) is 16.8 Å². The van der Waals surface area contributed by atoms with Crippen LogP contribution in [0.25, 0.3) is 11.1 Å². The van der Waals surface area contributed by atoms with Crippen LogP contribution in [0.3, 0.4) is 0 Å². The number of hydrogen-bond donors (Lipinski definition) is 0. The van der Waals surface area contributed by atoms with Gasteiger partial charge in [-0.3, -0.25) is 19.1 Å².